The molecule has 2 nitrogen and oxygen atoms in total. The van der Waals surface area contributed by atoms with E-state index in [1.807, 2.05) is 0 Å². The highest BCUT2D eigenvalue weighted by Crippen LogP contribution is 2.46. The van der Waals surface area contributed by atoms with Gasteiger partial charge < -0.3 is 0 Å². The maximum atomic E-state index is 5.15. The van der Waals surface area contributed by atoms with Gasteiger partial charge in [-0.25, -0.2) is 4.98 Å². The highest BCUT2D eigenvalue weighted by atomic mass is 15.1. The van der Waals surface area contributed by atoms with Crippen LogP contribution in [0.2, 0.25) is 0 Å². The highest BCUT2D eigenvalue weighted by molar-refractivity contribution is 6.24. The second-order valence-electron chi connectivity index (χ2n) is 12.7. The lowest BCUT2D eigenvalue weighted by molar-refractivity contribution is 1.11. The van der Waals surface area contributed by atoms with E-state index in [-0.39, 0.29) is 0 Å². The van der Waals surface area contributed by atoms with Gasteiger partial charge in [0.25, 0.3) is 0 Å². The zero-order chi connectivity index (χ0) is 32.3. The first-order valence-electron chi connectivity index (χ1n) is 16.8. The van der Waals surface area contributed by atoms with Crippen molar-refractivity contribution in [3.63, 3.8) is 0 Å². The van der Waals surface area contributed by atoms with Crippen molar-refractivity contribution in [1.82, 2.24) is 9.55 Å². The molecule has 10 aromatic rings. The van der Waals surface area contributed by atoms with Crippen molar-refractivity contribution in [3.8, 4) is 39.3 Å². The summed E-state index contributed by atoms with van der Waals surface area (Å²) < 4.78 is 2.33. The third-order valence-electron chi connectivity index (χ3n) is 9.97. The maximum Gasteiger partial charge on any atom is 0.145 e. The first-order valence-corrected chi connectivity index (χ1v) is 16.8. The van der Waals surface area contributed by atoms with Crippen molar-refractivity contribution in [1.29, 1.82) is 0 Å². The van der Waals surface area contributed by atoms with Gasteiger partial charge in [-0.05, 0) is 84.2 Å². The van der Waals surface area contributed by atoms with E-state index >= 15 is 0 Å². The Labute approximate surface area is 284 Å². The molecule has 1 heterocycles. The Morgan fingerprint density at radius 3 is 1.67 bits per heavy atom. The molecular weight excluding hydrogens is 593 g/mol. The lowest BCUT2D eigenvalue weighted by Gasteiger charge is -2.20. The summed E-state index contributed by atoms with van der Waals surface area (Å²) in [5.41, 5.74) is 9.28. The van der Waals surface area contributed by atoms with Crippen LogP contribution in [0, 0.1) is 0 Å². The molecule has 10 rings (SSSR count). The van der Waals surface area contributed by atoms with Crippen LogP contribution in [0.1, 0.15) is 0 Å². The van der Waals surface area contributed by atoms with Crippen LogP contribution >= 0.6 is 0 Å². The van der Waals surface area contributed by atoms with Gasteiger partial charge in [-0.15, -0.1) is 0 Å². The average molecular weight is 623 g/mol. The Bertz CT molecular complexity index is 2820. The van der Waals surface area contributed by atoms with Gasteiger partial charge in [0.05, 0.1) is 16.7 Å². The van der Waals surface area contributed by atoms with Crippen molar-refractivity contribution in [2.75, 3.05) is 0 Å². The van der Waals surface area contributed by atoms with Crippen molar-refractivity contribution < 1.29 is 0 Å². The molecule has 0 amide bonds. The molecule has 0 bridgehead atoms. The molecule has 0 spiro atoms. The van der Waals surface area contributed by atoms with Gasteiger partial charge in [-0.3, -0.25) is 4.57 Å². The Kier molecular flexibility index (Phi) is 6.22. The van der Waals surface area contributed by atoms with Crippen molar-refractivity contribution in [2.24, 2.45) is 0 Å². The SMILES string of the molecule is c1ccc(-c2nc3ccccc3n2-c2ccc(-c3c4ccccc4c(-c4ccc5ccccc5c4)c4ccccc34)c3ccccc23)cc1. The summed E-state index contributed by atoms with van der Waals surface area (Å²) in [4.78, 5) is 5.15. The normalized spacial score (nSPS) is 11.7. The minimum atomic E-state index is 0.940. The van der Waals surface area contributed by atoms with Crippen LogP contribution in [-0.2, 0) is 0 Å². The number of hydrogen-bond donors (Lipinski definition) is 0. The van der Waals surface area contributed by atoms with Crippen molar-refractivity contribution in [2.45, 2.75) is 0 Å². The molecule has 0 aliphatic heterocycles. The van der Waals surface area contributed by atoms with Gasteiger partial charge in [0.2, 0.25) is 0 Å². The summed E-state index contributed by atoms with van der Waals surface area (Å²) in [6, 6.07) is 65.7. The van der Waals surface area contributed by atoms with Crippen LogP contribution in [0.4, 0.5) is 0 Å². The second kappa shape index (κ2) is 11.0. The van der Waals surface area contributed by atoms with Crippen LogP contribution in [-0.4, -0.2) is 9.55 Å². The molecule has 49 heavy (non-hydrogen) atoms. The number of fused-ring (bicyclic) bond motifs is 5. The summed E-state index contributed by atoms with van der Waals surface area (Å²) in [6.07, 6.45) is 0. The predicted molar refractivity (Wildman–Crippen MR) is 207 cm³/mol. The number of benzene rings is 9. The molecule has 0 atom stereocenters. The van der Waals surface area contributed by atoms with Crippen LogP contribution in [0.5, 0.6) is 0 Å². The second-order valence-corrected chi connectivity index (χ2v) is 12.7. The fourth-order valence-corrected chi connectivity index (χ4v) is 7.82. The Morgan fingerprint density at radius 1 is 0.367 bits per heavy atom. The predicted octanol–water partition coefficient (Wildman–Crippen LogP) is 12.6. The third kappa shape index (κ3) is 4.31. The van der Waals surface area contributed by atoms with E-state index in [1.165, 1.54) is 65.3 Å². The molecular formula is C47H30N2. The standard InChI is InChI=1S/C47H30N2/c1-2-15-32(16-3-1)47-48-42-24-12-13-25-44(42)49(47)43-29-28-41(35-18-6-7-19-36(35)43)46-39-22-10-8-20-37(39)45(38-21-9-11-23-40(38)46)34-27-26-31-14-4-5-17-33(31)30-34/h1-30H. The van der Waals surface area contributed by atoms with E-state index in [2.05, 4.69) is 187 Å². The molecule has 2 heteroatoms. The Hall–Kier alpha value is -6.51. The molecule has 0 aliphatic rings. The zero-order valence-corrected chi connectivity index (χ0v) is 26.7. The van der Waals surface area contributed by atoms with E-state index < -0.39 is 0 Å². The van der Waals surface area contributed by atoms with Crippen LogP contribution in [0.15, 0.2) is 182 Å². The summed E-state index contributed by atoms with van der Waals surface area (Å²) in [6.45, 7) is 0. The summed E-state index contributed by atoms with van der Waals surface area (Å²) in [5, 5.41) is 9.92. The van der Waals surface area contributed by atoms with Gasteiger partial charge in [-0.2, -0.15) is 0 Å². The van der Waals surface area contributed by atoms with Crippen LogP contribution in [0.25, 0.3) is 93.5 Å². The summed E-state index contributed by atoms with van der Waals surface area (Å²) >= 11 is 0. The van der Waals surface area contributed by atoms with E-state index in [1.54, 1.807) is 0 Å². The highest BCUT2D eigenvalue weighted by Gasteiger charge is 2.21. The quantitative estimate of drug-likeness (QED) is 0.179. The molecule has 9 aromatic carbocycles. The fourth-order valence-electron chi connectivity index (χ4n) is 7.82. The largest absolute Gasteiger partial charge is 0.292 e. The molecule has 1 aromatic heterocycles. The van der Waals surface area contributed by atoms with Crippen LogP contribution in [0.3, 0.4) is 0 Å². The average Bonchev–Trinajstić information content (AvgIpc) is 3.56. The number of aromatic nitrogens is 2. The zero-order valence-electron chi connectivity index (χ0n) is 26.7. The summed E-state index contributed by atoms with van der Waals surface area (Å²) in [5.74, 6) is 0.940. The third-order valence-corrected chi connectivity index (χ3v) is 9.97. The number of rotatable bonds is 4. The van der Waals surface area contributed by atoms with E-state index in [0.717, 1.165) is 28.1 Å². The van der Waals surface area contributed by atoms with E-state index in [9.17, 15) is 0 Å². The molecule has 0 saturated heterocycles. The van der Waals surface area contributed by atoms with Gasteiger partial charge in [0.15, 0.2) is 0 Å². The van der Waals surface area contributed by atoms with Gasteiger partial charge >= 0.3 is 0 Å². The number of imidazole rings is 1. The molecule has 0 fully saturated rings. The lowest BCUT2D eigenvalue weighted by Crippen LogP contribution is -2.00. The van der Waals surface area contributed by atoms with Gasteiger partial charge in [0.1, 0.15) is 5.82 Å². The lowest BCUT2D eigenvalue weighted by atomic mass is 9.84. The number of para-hydroxylation sites is 2. The maximum absolute atomic E-state index is 5.15. The topological polar surface area (TPSA) is 17.8 Å². The summed E-state index contributed by atoms with van der Waals surface area (Å²) in [7, 11) is 0. The van der Waals surface area contributed by atoms with Crippen LogP contribution < -0.4 is 0 Å². The molecule has 0 radical (unpaired) electrons. The minimum Gasteiger partial charge on any atom is -0.292 e. The molecule has 228 valence electrons. The Balaban J connectivity index is 1.28. The van der Waals surface area contributed by atoms with Gasteiger partial charge in [0, 0.05) is 10.9 Å². The first-order chi connectivity index (χ1) is 24.3. The monoisotopic (exact) mass is 622 g/mol. The molecule has 0 N–H and O–H groups in total. The molecule has 0 saturated carbocycles. The smallest absolute Gasteiger partial charge is 0.145 e. The fraction of sp³-hybridized carbons (Fsp3) is 0. The van der Waals surface area contributed by atoms with E-state index in [4.69, 9.17) is 4.98 Å². The van der Waals surface area contributed by atoms with Gasteiger partial charge in [-0.1, -0.05) is 158 Å². The Morgan fingerprint density at radius 2 is 0.939 bits per heavy atom. The first kappa shape index (κ1) is 27.6. The minimum absolute atomic E-state index is 0.940. The molecule has 0 aliphatic carbocycles. The van der Waals surface area contributed by atoms with E-state index in [0.29, 0.717) is 0 Å². The number of hydrogen-bond acceptors (Lipinski definition) is 1. The van der Waals surface area contributed by atoms with Crippen molar-refractivity contribution in [3.05, 3.63) is 182 Å². The van der Waals surface area contributed by atoms with Crippen molar-refractivity contribution >= 4 is 54.1 Å². The number of nitrogens with zero attached hydrogens (tertiary/aromatic N) is 2. The molecule has 0 unspecified atom stereocenters.